The van der Waals surface area contributed by atoms with Crippen LogP contribution in [0, 0.1) is 5.82 Å². The molecule has 0 saturated heterocycles. The monoisotopic (exact) mass is 525 g/mol. The second kappa shape index (κ2) is 12.0. The highest BCUT2D eigenvalue weighted by molar-refractivity contribution is 7.12. The van der Waals surface area contributed by atoms with E-state index < -0.39 is 17.8 Å². The van der Waals surface area contributed by atoms with E-state index in [0.717, 1.165) is 0 Å². The summed E-state index contributed by atoms with van der Waals surface area (Å²) in [6.45, 7) is 0.266. The molecule has 3 aromatic rings. The van der Waals surface area contributed by atoms with Gasteiger partial charge in [-0.25, -0.2) is 9.40 Å². The van der Waals surface area contributed by atoms with Gasteiger partial charge in [-0.3, -0.25) is 9.59 Å². The molecule has 1 aliphatic heterocycles. The number of hydrazone groups is 1. The van der Waals surface area contributed by atoms with Crippen molar-refractivity contribution in [2.45, 2.75) is 12.5 Å². The lowest BCUT2D eigenvalue weighted by Gasteiger charge is -2.27. The molecule has 1 aliphatic rings. The fraction of sp³-hybridized carbons (Fsp3) is 0.296. The van der Waals surface area contributed by atoms with Gasteiger partial charge in [0, 0.05) is 31.2 Å². The van der Waals surface area contributed by atoms with Gasteiger partial charge in [-0.1, -0.05) is 24.3 Å². The van der Waals surface area contributed by atoms with Crippen molar-refractivity contribution in [1.29, 1.82) is 0 Å². The number of nitrogens with zero attached hydrogens (tertiary/aromatic N) is 3. The Morgan fingerprint density at radius 3 is 2.59 bits per heavy atom. The van der Waals surface area contributed by atoms with Crippen molar-refractivity contribution in [2.24, 2.45) is 5.10 Å². The molecule has 2 amide bonds. The van der Waals surface area contributed by atoms with Crippen LogP contribution in [0.2, 0.25) is 0 Å². The standard InChI is InChI=1S/C27H28FN3O5S/c1-34-13-12-30(27(33)25-9-6-14-37-25)17-26(32)31-23(20-15-18(35-2)10-11-24(20)36-3)16-22(29-31)19-7-4-5-8-21(19)28/h4-11,14-15,23H,12-13,16-17H2,1-3H3/t23-/m1/s1. The molecule has 0 spiro atoms. The highest BCUT2D eigenvalue weighted by Crippen LogP contribution is 2.39. The van der Waals surface area contributed by atoms with Crippen LogP contribution in [0.5, 0.6) is 11.5 Å². The summed E-state index contributed by atoms with van der Waals surface area (Å²) in [5.74, 6) is 0.00811. The molecule has 4 rings (SSSR count). The Morgan fingerprint density at radius 2 is 1.92 bits per heavy atom. The maximum absolute atomic E-state index is 14.7. The van der Waals surface area contributed by atoms with Gasteiger partial charge in [-0.15, -0.1) is 11.3 Å². The molecule has 37 heavy (non-hydrogen) atoms. The minimum absolute atomic E-state index is 0.225. The molecular weight excluding hydrogens is 497 g/mol. The van der Waals surface area contributed by atoms with Gasteiger partial charge in [0.15, 0.2) is 0 Å². The van der Waals surface area contributed by atoms with Crippen molar-refractivity contribution in [3.8, 4) is 11.5 Å². The summed E-state index contributed by atoms with van der Waals surface area (Å²) in [7, 11) is 4.62. The summed E-state index contributed by atoms with van der Waals surface area (Å²) in [5.41, 5.74) is 1.41. The van der Waals surface area contributed by atoms with Crippen LogP contribution in [0.1, 0.15) is 33.3 Å². The van der Waals surface area contributed by atoms with E-state index in [0.29, 0.717) is 33.2 Å². The van der Waals surface area contributed by atoms with E-state index in [4.69, 9.17) is 14.2 Å². The predicted octanol–water partition coefficient (Wildman–Crippen LogP) is 4.37. The molecule has 0 saturated carbocycles. The summed E-state index contributed by atoms with van der Waals surface area (Å²) in [6.07, 6.45) is 0.257. The van der Waals surface area contributed by atoms with Gasteiger partial charge in [0.1, 0.15) is 23.9 Å². The fourth-order valence-electron chi connectivity index (χ4n) is 4.19. The molecule has 0 N–H and O–H groups in total. The molecule has 0 fully saturated rings. The zero-order valence-electron chi connectivity index (χ0n) is 20.8. The third-order valence-corrected chi connectivity index (χ3v) is 6.91. The first kappa shape index (κ1) is 26.3. The summed E-state index contributed by atoms with van der Waals surface area (Å²) in [4.78, 5) is 28.8. The van der Waals surface area contributed by atoms with Crippen molar-refractivity contribution in [1.82, 2.24) is 9.91 Å². The predicted molar refractivity (Wildman–Crippen MR) is 139 cm³/mol. The minimum atomic E-state index is -0.590. The van der Waals surface area contributed by atoms with E-state index in [2.05, 4.69) is 5.10 Å². The van der Waals surface area contributed by atoms with Crippen LogP contribution >= 0.6 is 11.3 Å². The van der Waals surface area contributed by atoms with Gasteiger partial charge in [0.05, 0.1) is 37.5 Å². The van der Waals surface area contributed by atoms with Gasteiger partial charge in [-0.2, -0.15) is 5.10 Å². The highest BCUT2D eigenvalue weighted by atomic mass is 32.1. The van der Waals surface area contributed by atoms with Gasteiger partial charge in [-0.05, 0) is 35.7 Å². The first-order valence-corrected chi connectivity index (χ1v) is 12.5. The summed E-state index contributed by atoms with van der Waals surface area (Å²) < 4.78 is 30.8. The molecule has 2 heterocycles. The molecule has 0 aliphatic carbocycles. The van der Waals surface area contributed by atoms with Crippen molar-refractivity contribution >= 4 is 28.9 Å². The number of amides is 2. The van der Waals surface area contributed by atoms with E-state index in [1.807, 2.05) is 0 Å². The van der Waals surface area contributed by atoms with E-state index in [1.165, 1.54) is 41.5 Å². The normalized spacial score (nSPS) is 14.9. The topological polar surface area (TPSA) is 80.7 Å². The number of thiophene rings is 1. The number of carbonyl (C=O) groups is 2. The first-order chi connectivity index (χ1) is 18.0. The third kappa shape index (κ3) is 5.81. The van der Waals surface area contributed by atoms with E-state index in [-0.39, 0.29) is 32.0 Å². The second-order valence-electron chi connectivity index (χ2n) is 8.29. The first-order valence-electron chi connectivity index (χ1n) is 11.6. The summed E-state index contributed by atoms with van der Waals surface area (Å²) >= 11 is 1.30. The quantitative estimate of drug-likeness (QED) is 0.393. The number of hydrogen-bond donors (Lipinski definition) is 0. The van der Waals surface area contributed by atoms with Crippen LogP contribution in [-0.4, -0.2) is 68.5 Å². The van der Waals surface area contributed by atoms with E-state index >= 15 is 0 Å². The maximum atomic E-state index is 14.7. The lowest BCUT2D eigenvalue weighted by atomic mass is 9.97. The van der Waals surface area contributed by atoms with Gasteiger partial charge in [0.25, 0.3) is 11.8 Å². The number of carbonyl (C=O) groups excluding carboxylic acids is 2. The van der Waals surface area contributed by atoms with Gasteiger partial charge >= 0.3 is 0 Å². The SMILES string of the molecule is COCCN(CC(=O)N1N=C(c2ccccc2F)C[C@@H]1c1cc(OC)ccc1OC)C(=O)c1cccs1. The molecule has 194 valence electrons. The largest absolute Gasteiger partial charge is 0.497 e. The van der Waals surface area contributed by atoms with Crippen molar-refractivity contribution in [2.75, 3.05) is 41.0 Å². The average molecular weight is 526 g/mol. The number of halogens is 1. The lowest BCUT2D eigenvalue weighted by Crippen LogP contribution is -2.42. The highest BCUT2D eigenvalue weighted by Gasteiger charge is 2.37. The van der Waals surface area contributed by atoms with Gasteiger partial charge < -0.3 is 19.1 Å². The number of ether oxygens (including phenoxy) is 3. The number of benzene rings is 2. The van der Waals surface area contributed by atoms with Crippen LogP contribution in [0.15, 0.2) is 65.1 Å². The third-order valence-electron chi connectivity index (χ3n) is 6.06. The molecule has 8 nitrogen and oxygen atoms in total. The molecule has 10 heteroatoms. The Morgan fingerprint density at radius 1 is 1.11 bits per heavy atom. The van der Waals surface area contributed by atoms with Crippen LogP contribution in [0.3, 0.4) is 0 Å². The van der Waals surface area contributed by atoms with Crippen molar-refractivity contribution in [3.05, 3.63) is 81.8 Å². The molecule has 0 radical (unpaired) electrons. The Balaban J connectivity index is 1.70. The second-order valence-corrected chi connectivity index (χ2v) is 9.24. The van der Waals surface area contributed by atoms with Gasteiger partial charge in [0.2, 0.25) is 0 Å². The van der Waals surface area contributed by atoms with Crippen LogP contribution in [0.25, 0.3) is 0 Å². The zero-order chi connectivity index (χ0) is 26.4. The molecule has 0 unspecified atom stereocenters. The van der Waals surface area contributed by atoms with Crippen LogP contribution in [0.4, 0.5) is 4.39 Å². The molecule has 1 atom stereocenters. The van der Waals surface area contributed by atoms with Crippen molar-refractivity contribution < 1.29 is 28.2 Å². The van der Waals surface area contributed by atoms with Crippen molar-refractivity contribution in [3.63, 3.8) is 0 Å². The molecule has 1 aromatic heterocycles. The summed E-state index contributed by atoms with van der Waals surface area (Å²) in [5, 5.41) is 7.69. The molecule has 0 bridgehead atoms. The molecule has 2 aromatic carbocycles. The number of hydrogen-bond acceptors (Lipinski definition) is 7. The van der Waals surface area contributed by atoms with Crippen LogP contribution < -0.4 is 9.47 Å². The Labute approximate surface area is 218 Å². The average Bonchev–Trinajstić information content (AvgIpc) is 3.61. The van der Waals surface area contributed by atoms with E-state index in [9.17, 15) is 14.0 Å². The number of methoxy groups -OCH3 is 3. The summed E-state index contributed by atoms with van der Waals surface area (Å²) in [6, 6.07) is 14.5. The maximum Gasteiger partial charge on any atom is 0.264 e. The Hall–Kier alpha value is -3.76. The lowest BCUT2D eigenvalue weighted by molar-refractivity contribution is -0.133. The minimum Gasteiger partial charge on any atom is -0.497 e. The fourth-order valence-corrected chi connectivity index (χ4v) is 4.88. The number of rotatable bonds is 10. The molecular formula is C27H28FN3O5S. The Kier molecular flexibility index (Phi) is 8.52. The van der Waals surface area contributed by atoms with E-state index in [1.54, 1.807) is 61.0 Å². The Bertz CT molecular complexity index is 1280. The zero-order valence-corrected chi connectivity index (χ0v) is 21.7. The smallest absolute Gasteiger partial charge is 0.264 e. The van der Waals surface area contributed by atoms with Crippen LogP contribution in [-0.2, 0) is 9.53 Å².